The Bertz CT molecular complexity index is 454. The molecule has 21 heavy (non-hydrogen) atoms. The summed E-state index contributed by atoms with van der Waals surface area (Å²) in [7, 11) is 1.68. The van der Waals surface area contributed by atoms with Crippen molar-refractivity contribution in [1.29, 1.82) is 0 Å². The van der Waals surface area contributed by atoms with Crippen molar-refractivity contribution in [3.8, 4) is 5.75 Å². The fraction of sp³-hybridized carbons (Fsp3) is 0.562. The standard InChI is InChI=1S/C16H26N2O2S/c1-4-18-16(2,15(17)19)10-5-6-11-21-14-9-7-8-13(12-14)20-3/h7-9,12,18H,4-6,10-11H2,1-3H3,(H2,17,19). The van der Waals surface area contributed by atoms with E-state index in [9.17, 15) is 4.79 Å². The minimum absolute atomic E-state index is 0.273. The van der Waals surface area contributed by atoms with Crippen LogP contribution in [-0.4, -0.2) is 30.9 Å². The van der Waals surface area contributed by atoms with Gasteiger partial charge in [-0.05, 0) is 50.3 Å². The third kappa shape index (κ3) is 5.98. The van der Waals surface area contributed by atoms with Crippen molar-refractivity contribution >= 4 is 17.7 Å². The molecule has 0 spiro atoms. The lowest BCUT2D eigenvalue weighted by atomic mass is 9.94. The average molecular weight is 310 g/mol. The van der Waals surface area contributed by atoms with E-state index in [-0.39, 0.29) is 5.91 Å². The first kappa shape index (κ1) is 17.9. The zero-order valence-electron chi connectivity index (χ0n) is 13.1. The Labute approximate surface area is 131 Å². The fourth-order valence-corrected chi connectivity index (χ4v) is 3.11. The molecule has 1 aromatic carbocycles. The summed E-state index contributed by atoms with van der Waals surface area (Å²) in [6, 6.07) is 8.06. The highest BCUT2D eigenvalue weighted by atomic mass is 32.2. The molecule has 0 saturated heterocycles. The van der Waals surface area contributed by atoms with Crippen molar-refractivity contribution in [2.45, 2.75) is 43.5 Å². The summed E-state index contributed by atoms with van der Waals surface area (Å²) < 4.78 is 5.21. The van der Waals surface area contributed by atoms with Crippen molar-refractivity contribution in [3.63, 3.8) is 0 Å². The van der Waals surface area contributed by atoms with Crippen molar-refractivity contribution < 1.29 is 9.53 Å². The summed E-state index contributed by atoms with van der Waals surface area (Å²) in [5, 5.41) is 3.18. The summed E-state index contributed by atoms with van der Waals surface area (Å²) in [4.78, 5) is 12.7. The molecule has 1 atom stereocenters. The number of thioether (sulfide) groups is 1. The van der Waals surface area contributed by atoms with Crippen molar-refractivity contribution in [2.24, 2.45) is 5.73 Å². The Morgan fingerprint density at radius 3 is 2.81 bits per heavy atom. The van der Waals surface area contributed by atoms with Gasteiger partial charge in [-0.3, -0.25) is 4.79 Å². The number of hydrogen-bond acceptors (Lipinski definition) is 4. The van der Waals surface area contributed by atoms with Gasteiger partial charge in [-0.1, -0.05) is 19.4 Å². The molecule has 1 rings (SSSR count). The fourth-order valence-electron chi connectivity index (χ4n) is 2.15. The number of ether oxygens (including phenoxy) is 1. The number of likely N-dealkylation sites (N-methyl/N-ethyl adjacent to an activating group) is 1. The molecule has 0 aliphatic carbocycles. The molecule has 118 valence electrons. The lowest BCUT2D eigenvalue weighted by Gasteiger charge is -2.26. The molecule has 0 aliphatic heterocycles. The van der Waals surface area contributed by atoms with Gasteiger partial charge in [0, 0.05) is 4.90 Å². The summed E-state index contributed by atoms with van der Waals surface area (Å²) in [5.41, 5.74) is 4.89. The molecule has 4 nitrogen and oxygen atoms in total. The molecule has 0 aliphatic rings. The maximum atomic E-state index is 11.5. The molecule has 1 unspecified atom stereocenters. The second kappa shape index (κ2) is 8.95. The number of unbranched alkanes of at least 4 members (excludes halogenated alkanes) is 1. The zero-order chi connectivity index (χ0) is 15.7. The number of rotatable bonds is 10. The van der Waals surface area contributed by atoms with E-state index >= 15 is 0 Å². The van der Waals surface area contributed by atoms with Crippen LogP contribution in [0.1, 0.15) is 33.1 Å². The Kier molecular flexibility index (Phi) is 7.61. The maximum absolute atomic E-state index is 11.5. The Balaban J connectivity index is 2.32. The molecule has 0 radical (unpaired) electrons. The lowest BCUT2D eigenvalue weighted by Crippen LogP contribution is -2.52. The zero-order valence-corrected chi connectivity index (χ0v) is 14.0. The van der Waals surface area contributed by atoms with Crippen LogP contribution in [-0.2, 0) is 4.79 Å². The van der Waals surface area contributed by atoms with Gasteiger partial charge in [-0.25, -0.2) is 0 Å². The third-order valence-corrected chi connectivity index (χ3v) is 4.57. The quantitative estimate of drug-likeness (QED) is 0.515. The number of carbonyl (C=O) groups excluding carboxylic acids is 1. The van der Waals surface area contributed by atoms with Crippen LogP contribution in [0.4, 0.5) is 0 Å². The van der Waals surface area contributed by atoms with Gasteiger partial charge < -0.3 is 15.8 Å². The largest absolute Gasteiger partial charge is 0.497 e. The molecular formula is C16H26N2O2S. The minimum Gasteiger partial charge on any atom is -0.497 e. The topological polar surface area (TPSA) is 64.3 Å². The highest BCUT2D eigenvalue weighted by Crippen LogP contribution is 2.24. The molecule has 3 N–H and O–H groups in total. The van der Waals surface area contributed by atoms with E-state index in [0.29, 0.717) is 0 Å². The molecule has 5 heteroatoms. The number of carbonyl (C=O) groups is 1. The predicted molar refractivity (Wildman–Crippen MR) is 88.8 cm³/mol. The van der Waals surface area contributed by atoms with Crippen molar-refractivity contribution in [3.05, 3.63) is 24.3 Å². The van der Waals surface area contributed by atoms with Gasteiger partial charge in [-0.15, -0.1) is 11.8 Å². The highest BCUT2D eigenvalue weighted by molar-refractivity contribution is 7.99. The Morgan fingerprint density at radius 2 is 2.19 bits per heavy atom. The van der Waals surface area contributed by atoms with Gasteiger partial charge in [0.2, 0.25) is 5.91 Å². The first-order valence-corrected chi connectivity index (χ1v) is 8.32. The monoisotopic (exact) mass is 310 g/mol. The normalized spacial score (nSPS) is 13.7. The van der Waals surface area contributed by atoms with E-state index < -0.39 is 5.54 Å². The van der Waals surface area contributed by atoms with Crippen molar-refractivity contribution in [2.75, 3.05) is 19.4 Å². The van der Waals surface area contributed by atoms with E-state index in [1.807, 2.05) is 32.0 Å². The van der Waals surface area contributed by atoms with E-state index in [2.05, 4.69) is 11.4 Å². The molecular weight excluding hydrogens is 284 g/mol. The molecule has 1 aromatic rings. The summed E-state index contributed by atoms with van der Waals surface area (Å²) in [6.07, 6.45) is 2.80. The maximum Gasteiger partial charge on any atom is 0.237 e. The average Bonchev–Trinajstić information content (AvgIpc) is 2.47. The number of benzene rings is 1. The van der Waals surface area contributed by atoms with Gasteiger partial charge in [0.15, 0.2) is 0 Å². The lowest BCUT2D eigenvalue weighted by molar-refractivity contribution is -0.124. The Morgan fingerprint density at radius 1 is 1.43 bits per heavy atom. The summed E-state index contributed by atoms with van der Waals surface area (Å²) in [5.74, 6) is 1.63. The second-order valence-corrected chi connectivity index (χ2v) is 6.38. The number of primary amides is 1. The van der Waals surface area contributed by atoms with Crippen LogP contribution in [0.3, 0.4) is 0 Å². The van der Waals surface area contributed by atoms with Gasteiger partial charge in [0.1, 0.15) is 5.75 Å². The van der Waals surface area contributed by atoms with Crippen LogP contribution >= 0.6 is 11.8 Å². The number of amides is 1. The number of nitrogens with two attached hydrogens (primary N) is 1. The van der Waals surface area contributed by atoms with Crippen LogP contribution < -0.4 is 15.8 Å². The highest BCUT2D eigenvalue weighted by Gasteiger charge is 2.28. The van der Waals surface area contributed by atoms with E-state index in [1.54, 1.807) is 18.9 Å². The Hall–Kier alpha value is -1.20. The van der Waals surface area contributed by atoms with E-state index in [4.69, 9.17) is 10.5 Å². The van der Waals surface area contributed by atoms with Crippen LogP contribution in [0.5, 0.6) is 5.75 Å². The van der Waals surface area contributed by atoms with Crippen molar-refractivity contribution in [1.82, 2.24) is 5.32 Å². The van der Waals surface area contributed by atoms with Gasteiger partial charge in [-0.2, -0.15) is 0 Å². The first-order chi connectivity index (χ1) is 10.0. The molecule has 0 saturated carbocycles. The van der Waals surface area contributed by atoms with Crippen LogP contribution in [0.2, 0.25) is 0 Å². The number of methoxy groups -OCH3 is 1. The van der Waals surface area contributed by atoms with Crippen LogP contribution in [0, 0.1) is 0 Å². The number of hydrogen-bond donors (Lipinski definition) is 2. The number of nitrogens with one attached hydrogen (secondary N) is 1. The molecule has 0 fully saturated rings. The van der Waals surface area contributed by atoms with Gasteiger partial charge in [0.05, 0.1) is 12.6 Å². The molecule has 0 heterocycles. The van der Waals surface area contributed by atoms with Crippen LogP contribution in [0.15, 0.2) is 29.2 Å². The molecule has 0 bridgehead atoms. The van der Waals surface area contributed by atoms with Crippen LogP contribution in [0.25, 0.3) is 0 Å². The molecule has 0 aromatic heterocycles. The van der Waals surface area contributed by atoms with E-state index in [1.165, 1.54) is 4.90 Å². The minimum atomic E-state index is -0.588. The van der Waals surface area contributed by atoms with E-state index in [0.717, 1.165) is 37.3 Å². The third-order valence-electron chi connectivity index (χ3n) is 3.49. The second-order valence-electron chi connectivity index (χ2n) is 5.21. The molecule has 1 amide bonds. The smallest absolute Gasteiger partial charge is 0.237 e. The summed E-state index contributed by atoms with van der Waals surface area (Å²) in [6.45, 7) is 4.62. The van der Waals surface area contributed by atoms with Gasteiger partial charge >= 0.3 is 0 Å². The SMILES string of the molecule is CCNC(C)(CCCCSc1cccc(OC)c1)C(N)=O. The summed E-state index contributed by atoms with van der Waals surface area (Å²) >= 11 is 1.81. The predicted octanol–water partition coefficient (Wildman–Crippen LogP) is 2.81. The first-order valence-electron chi connectivity index (χ1n) is 7.33. The van der Waals surface area contributed by atoms with Gasteiger partial charge in [0.25, 0.3) is 0 Å².